The first kappa shape index (κ1) is 14.8. The van der Waals surface area contributed by atoms with Gasteiger partial charge in [0, 0.05) is 5.69 Å². The average molecular weight is 294 g/mol. The summed E-state index contributed by atoms with van der Waals surface area (Å²) in [6.07, 6.45) is 2.05. The van der Waals surface area contributed by atoms with Gasteiger partial charge < -0.3 is 4.90 Å². The molecule has 1 aliphatic rings. The lowest BCUT2D eigenvalue weighted by Gasteiger charge is -2.28. The Kier molecular flexibility index (Phi) is 4.54. The molecule has 1 atom stereocenters. The van der Waals surface area contributed by atoms with Gasteiger partial charge in [0.25, 0.3) is 0 Å². The number of para-hydroxylation sites is 1. The topological polar surface area (TPSA) is 23.6 Å². The molecule has 1 saturated heterocycles. The molecule has 1 heterocycles. The molecular formula is C19H22N2O. The molecule has 22 heavy (non-hydrogen) atoms. The minimum Gasteiger partial charge on any atom is -0.307 e. The molecule has 0 aliphatic carbocycles. The minimum atomic E-state index is 0.00363. The third kappa shape index (κ3) is 3.20. The minimum absolute atomic E-state index is 0.00363. The van der Waals surface area contributed by atoms with E-state index in [2.05, 4.69) is 17.0 Å². The fraction of sp³-hybridized carbons (Fsp3) is 0.316. The number of carbonyl (C=O) groups is 1. The van der Waals surface area contributed by atoms with Gasteiger partial charge in [-0.2, -0.15) is 0 Å². The second kappa shape index (κ2) is 6.75. The van der Waals surface area contributed by atoms with Gasteiger partial charge in [-0.3, -0.25) is 9.69 Å². The molecule has 1 unspecified atom stereocenters. The van der Waals surface area contributed by atoms with E-state index in [0.717, 1.165) is 30.6 Å². The zero-order chi connectivity index (χ0) is 15.4. The summed E-state index contributed by atoms with van der Waals surface area (Å²) in [5.41, 5.74) is 2.12. The third-order valence-electron chi connectivity index (χ3n) is 4.32. The first-order chi connectivity index (χ1) is 10.8. The largest absolute Gasteiger partial charge is 0.307 e. The van der Waals surface area contributed by atoms with Crippen LogP contribution < -0.4 is 4.90 Å². The van der Waals surface area contributed by atoms with Crippen LogP contribution in [0.4, 0.5) is 5.69 Å². The van der Waals surface area contributed by atoms with Crippen LogP contribution in [0.15, 0.2) is 60.7 Å². The highest BCUT2D eigenvalue weighted by molar-refractivity contribution is 5.97. The van der Waals surface area contributed by atoms with Crippen LogP contribution in [0.3, 0.4) is 0 Å². The first-order valence-electron chi connectivity index (χ1n) is 7.86. The van der Waals surface area contributed by atoms with Crippen LogP contribution in [-0.2, 0) is 11.3 Å². The number of likely N-dealkylation sites (N-methyl/N-ethyl adjacent to an activating group) is 1. The van der Waals surface area contributed by atoms with E-state index >= 15 is 0 Å². The number of carbonyl (C=O) groups excluding carboxylic acids is 1. The number of anilines is 1. The lowest BCUT2D eigenvalue weighted by Crippen LogP contribution is -2.44. The summed E-state index contributed by atoms with van der Waals surface area (Å²) in [4.78, 5) is 17.1. The fourth-order valence-electron chi connectivity index (χ4n) is 3.07. The Labute approximate surface area is 132 Å². The smallest absolute Gasteiger partial charge is 0.244 e. The summed E-state index contributed by atoms with van der Waals surface area (Å²) in [6.45, 7) is 1.62. The van der Waals surface area contributed by atoms with E-state index in [1.807, 2.05) is 60.5 Å². The van der Waals surface area contributed by atoms with Crippen molar-refractivity contribution in [2.45, 2.75) is 25.4 Å². The molecule has 114 valence electrons. The quantitative estimate of drug-likeness (QED) is 0.863. The zero-order valence-corrected chi connectivity index (χ0v) is 13.0. The number of likely N-dealkylation sites (tertiary alicyclic amines) is 1. The van der Waals surface area contributed by atoms with Crippen molar-refractivity contribution in [1.29, 1.82) is 0 Å². The summed E-state index contributed by atoms with van der Waals surface area (Å²) >= 11 is 0. The number of benzene rings is 2. The predicted octanol–water partition coefficient (Wildman–Crippen LogP) is 3.31. The maximum absolute atomic E-state index is 13.0. The van der Waals surface area contributed by atoms with Crippen molar-refractivity contribution in [2.24, 2.45) is 0 Å². The normalized spacial score (nSPS) is 18.3. The number of nitrogens with zero attached hydrogens (tertiary/aromatic N) is 2. The molecule has 1 amide bonds. The molecule has 0 radical (unpaired) electrons. The fourth-order valence-corrected chi connectivity index (χ4v) is 3.07. The van der Waals surface area contributed by atoms with E-state index in [1.54, 1.807) is 0 Å². The molecule has 0 bridgehead atoms. The second-order valence-corrected chi connectivity index (χ2v) is 5.88. The molecule has 3 nitrogen and oxygen atoms in total. The Bertz CT molecular complexity index is 612. The molecule has 1 aliphatic heterocycles. The lowest BCUT2D eigenvalue weighted by atomic mass is 10.1. The van der Waals surface area contributed by atoms with Crippen molar-refractivity contribution in [2.75, 3.05) is 18.5 Å². The van der Waals surface area contributed by atoms with Crippen molar-refractivity contribution in [1.82, 2.24) is 4.90 Å². The van der Waals surface area contributed by atoms with Crippen LogP contribution in [-0.4, -0.2) is 30.4 Å². The summed E-state index contributed by atoms with van der Waals surface area (Å²) in [5, 5.41) is 0. The van der Waals surface area contributed by atoms with Crippen LogP contribution in [0.25, 0.3) is 0 Å². The average Bonchev–Trinajstić information content (AvgIpc) is 3.00. The van der Waals surface area contributed by atoms with Crippen LogP contribution in [0.2, 0.25) is 0 Å². The Hall–Kier alpha value is -2.13. The molecule has 0 saturated carbocycles. The highest BCUT2D eigenvalue weighted by Gasteiger charge is 2.31. The molecule has 1 fully saturated rings. The maximum Gasteiger partial charge on any atom is 0.244 e. The van der Waals surface area contributed by atoms with Gasteiger partial charge in [-0.05, 0) is 44.1 Å². The third-order valence-corrected chi connectivity index (χ3v) is 4.32. The van der Waals surface area contributed by atoms with Crippen LogP contribution in [0.1, 0.15) is 18.4 Å². The number of hydrogen-bond donors (Lipinski definition) is 0. The van der Waals surface area contributed by atoms with Crippen molar-refractivity contribution in [3.8, 4) is 0 Å². The molecule has 0 aromatic heterocycles. The predicted molar refractivity (Wildman–Crippen MR) is 89.7 cm³/mol. The van der Waals surface area contributed by atoms with E-state index < -0.39 is 0 Å². The Morgan fingerprint density at radius 3 is 2.32 bits per heavy atom. The van der Waals surface area contributed by atoms with Crippen molar-refractivity contribution in [3.63, 3.8) is 0 Å². The number of rotatable bonds is 4. The Morgan fingerprint density at radius 2 is 1.73 bits per heavy atom. The van der Waals surface area contributed by atoms with Crippen LogP contribution >= 0.6 is 0 Å². The van der Waals surface area contributed by atoms with E-state index in [0.29, 0.717) is 6.54 Å². The molecule has 3 rings (SSSR count). The van der Waals surface area contributed by atoms with E-state index in [-0.39, 0.29) is 11.9 Å². The molecule has 2 aromatic rings. The standard InChI is InChI=1S/C19H22N2O/c1-20-14-8-13-18(20)19(22)21(17-11-6-3-7-12-17)15-16-9-4-2-5-10-16/h2-7,9-12,18H,8,13-15H2,1H3. The molecule has 0 spiro atoms. The van der Waals surface area contributed by atoms with Gasteiger partial charge in [-0.25, -0.2) is 0 Å². The highest BCUT2D eigenvalue weighted by Crippen LogP contribution is 2.23. The van der Waals surface area contributed by atoms with Gasteiger partial charge in [-0.1, -0.05) is 48.5 Å². The van der Waals surface area contributed by atoms with Gasteiger partial charge >= 0.3 is 0 Å². The van der Waals surface area contributed by atoms with Crippen LogP contribution in [0.5, 0.6) is 0 Å². The molecule has 3 heteroatoms. The first-order valence-corrected chi connectivity index (χ1v) is 7.86. The monoisotopic (exact) mass is 294 g/mol. The summed E-state index contributed by atoms with van der Waals surface area (Å²) in [7, 11) is 2.04. The van der Waals surface area contributed by atoms with Gasteiger partial charge in [0.2, 0.25) is 5.91 Å². The van der Waals surface area contributed by atoms with Crippen LogP contribution in [0, 0.1) is 0 Å². The maximum atomic E-state index is 13.0. The van der Waals surface area contributed by atoms with E-state index in [9.17, 15) is 4.79 Å². The van der Waals surface area contributed by atoms with Crippen molar-refractivity contribution >= 4 is 11.6 Å². The van der Waals surface area contributed by atoms with Gasteiger partial charge in [0.05, 0.1) is 12.6 Å². The van der Waals surface area contributed by atoms with Gasteiger partial charge in [0.15, 0.2) is 0 Å². The van der Waals surface area contributed by atoms with Crippen molar-refractivity contribution in [3.05, 3.63) is 66.2 Å². The summed E-state index contributed by atoms with van der Waals surface area (Å²) < 4.78 is 0. The van der Waals surface area contributed by atoms with Gasteiger partial charge in [-0.15, -0.1) is 0 Å². The lowest BCUT2D eigenvalue weighted by molar-refractivity contribution is -0.122. The van der Waals surface area contributed by atoms with E-state index in [1.165, 1.54) is 0 Å². The summed E-state index contributed by atoms with van der Waals surface area (Å²) in [5.74, 6) is 0.204. The van der Waals surface area contributed by atoms with Crippen molar-refractivity contribution < 1.29 is 4.79 Å². The molecule has 0 N–H and O–H groups in total. The van der Waals surface area contributed by atoms with E-state index in [4.69, 9.17) is 0 Å². The van der Waals surface area contributed by atoms with Gasteiger partial charge in [0.1, 0.15) is 0 Å². The molecular weight excluding hydrogens is 272 g/mol. The Balaban J connectivity index is 1.87. The Morgan fingerprint density at radius 1 is 1.09 bits per heavy atom. The zero-order valence-electron chi connectivity index (χ0n) is 13.0. The number of amides is 1. The number of hydrogen-bond acceptors (Lipinski definition) is 2. The molecule has 2 aromatic carbocycles. The second-order valence-electron chi connectivity index (χ2n) is 5.88. The highest BCUT2D eigenvalue weighted by atomic mass is 16.2. The summed E-state index contributed by atoms with van der Waals surface area (Å²) in [6, 6.07) is 20.2. The SMILES string of the molecule is CN1CCCC1C(=O)N(Cc1ccccc1)c1ccccc1.